The van der Waals surface area contributed by atoms with Gasteiger partial charge in [0.05, 0.1) is 36.3 Å². The van der Waals surface area contributed by atoms with E-state index in [4.69, 9.17) is 10.5 Å². The molecule has 0 radical (unpaired) electrons. The molecule has 0 bridgehead atoms. The fraction of sp³-hybridized carbons (Fsp3) is 0.294. The number of nitriles is 1. The predicted octanol–water partition coefficient (Wildman–Crippen LogP) is 2.35. The van der Waals surface area contributed by atoms with E-state index in [1.54, 1.807) is 6.20 Å². The highest BCUT2D eigenvalue weighted by atomic mass is 16.5. The molecule has 1 aromatic carbocycles. The van der Waals surface area contributed by atoms with Gasteiger partial charge in [-0.1, -0.05) is 6.07 Å². The van der Waals surface area contributed by atoms with Crippen LogP contribution in [0.3, 0.4) is 0 Å². The summed E-state index contributed by atoms with van der Waals surface area (Å²) in [6.07, 6.45) is 1.66. The van der Waals surface area contributed by atoms with Crippen molar-refractivity contribution >= 4 is 11.4 Å². The van der Waals surface area contributed by atoms with Gasteiger partial charge in [-0.2, -0.15) is 5.26 Å². The minimum Gasteiger partial charge on any atom is -0.397 e. The number of benzene rings is 1. The molecule has 2 N–H and O–H groups in total. The number of nitrogens with two attached hydrogens (primary N) is 1. The number of ether oxygens (including phenoxy) is 1. The van der Waals surface area contributed by atoms with Crippen LogP contribution in [-0.2, 0) is 4.74 Å². The lowest BCUT2D eigenvalue weighted by atomic mass is 10.0. The van der Waals surface area contributed by atoms with E-state index in [0.717, 1.165) is 35.6 Å². The van der Waals surface area contributed by atoms with E-state index in [-0.39, 0.29) is 0 Å². The van der Waals surface area contributed by atoms with Crippen molar-refractivity contribution in [3.05, 3.63) is 41.7 Å². The second kappa shape index (κ2) is 6.04. The van der Waals surface area contributed by atoms with E-state index in [0.29, 0.717) is 24.5 Å². The molecule has 1 aliphatic rings. The molecule has 1 aromatic heterocycles. The molecule has 22 heavy (non-hydrogen) atoms. The molecule has 3 rings (SSSR count). The largest absolute Gasteiger partial charge is 0.397 e. The quantitative estimate of drug-likeness (QED) is 0.920. The molecular weight excluding hydrogens is 276 g/mol. The molecule has 5 heteroatoms. The van der Waals surface area contributed by atoms with Gasteiger partial charge < -0.3 is 15.4 Å². The molecule has 2 heterocycles. The SMILES string of the molecule is Cc1ncc(N)cc1-c1ccc(C#N)c(N2CCOCC2)c1. The summed E-state index contributed by atoms with van der Waals surface area (Å²) in [5, 5.41) is 9.37. The summed E-state index contributed by atoms with van der Waals surface area (Å²) in [5.41, 5.74) is 11.1. The summed E-state index contributed by atoms with van der Waals surface area (Å²) in [7, 11) is 0. The van der Waals surface area contributed by atoms with E-state index in [2.05, 4.69) is 16.0 Å². The van der Waals surface area contributed by atoms with Crippen LogP contribution in [0.2, 0.25) is 0 Å². The Morgan fingerprint density at radius 3 is 2.77 bits per heavy atom. The van der Waals surface area contributed by atoms with Crippen LogP contribution in [0.5, 0.6) is 0 Å². The third kappa shape index (κ3) is 2.74. The Morgan fingerprint density at radius 2 is 2.05 bits per heavy atom. The molecule has 2 aromatic rings. The van der Waals surface area contributed by atoms with Crippen molar-refractivity contribution in [2.24, 2.45) is 0 Å². The maximum atomic E-state index is 9.37. The van der Waals surface area contributed by atoms with Crippen molar-refractivity contribution in [3.8, 4) is 17.2 Å². The molecule has 1 aliphatic heterocycles. The van der Waals surface area contributed by atoms with Crippen molar-refractivity contribution in [3.63, 3.8) is 0 Å². The fourth-order valence-electron chi connectivity index (χ4n) is 2.70. The molecule has 0 amide bonds. The van der Waals surface area contributed by atoms with Crippen molar-refractivity contribution in [1.29, 1.82) is 5.26 Å². The standard InChI is InChI=1S/C17H18N4O/c1-12-16(9-15(19)11-20-12)13-2-3-14(10-18)17(8-13)21-4-6-22-7-5-21/h2-3,8-9,11H,4-7,19H2,1H3. The molecule has 1 saturated heterocycles. The topological polar surface area (TPSA) is 75.2 Å². The zero-order chi connectivity index (χ0) is 15.5. The molecule has 0 aliphatic carbocycles. The first-order valence-corrected chi connectivity index (χ1v) is 7.28. The molecule has 5 nitrogen and oxygen atoms in total. The number of rotatable bonds is 2. The molecule has 112 valence electrons. The average Bonchev–Trinajstić information content (AvgIpc) is 2.57. The van der Waals surface area contributed by atoms with Gasteiger partial charge in [-0.15, -0.1) is 0 Å². The van der Waals surface area contributed by atoms with Gasteiger partial charge in [0.15, 0.2) is 0 Å². The van der Waals surface area contributed by atoms with Crippen molar-refractivity contribution in [2.45, 2.75) is 6.92 Å². The Balaban J connectivity index is 2.07. The number of hydrogen-bond donors (Lipinski definition) is 1. The number of aromatic nitrogens is 1. The Bertz CT molecular complexity index is 730. The first-order chi connectivity index (χ1) is 10.7. The maximum absolute atomic E-state index is 9.37. The summed E-state index contributed by atoms with van der Waals surface area (Å²) >= 11 is 0. The van der Waals surface area contributed by atoms with Crippen molar-refractivity contribution in [2.75, 3.05) is 36.9 Å². The lowest BCUT2D eigenvalue weighted by molar-refractivity contribution is 0.122. The summed E-state index contributed by atoms with van der Waals surface area (Å²) in [5.74, 6) is 0. The zero-order valence-corrected chi connectivity index (χ0v) is 12.5. The van der Waals surface area contributed by atoms with Gasteiger partial charge in [0.25, 0.3) is 0 Å². The second-order valence-corrected chi connectivity index (χ2v) is 5.34. The Hall–Kier alpha value is -2.58. The number of nitrogen functional groups attached to an aromatic ring is 1. The van der Waals surface area contributed by atoms with Crippen LogP contribution >= 0.6 is 0 Å². The smallest absolute Gasteiger partial charge is 0.101 e. The fourth-order valence-corrected chi connectivity index (χ4v) is 2.70. The molecule has 1 fully saturated rings. The van der Waals surface area contributed by atoms with Crippen LogP contribution in [-0.4, -0.2) is 31.3 Å². The van der Waals surface area contributed by atoms with Crippen LogP contribution in [0.1, 0.15) is 11.3 Å². The first-order valence-electron chi connectivity index (χ1n) is 7.28. The van der Waals surface area contributed by atoms with Gasteiger partial charge in [-0.25, -0.2) is 0 Å². The maximum Gasteiger partial charge on any atom is 0.101 e. The second-order valence-electron chi connectivity index (χ2n) is 5.34. The monoisotopic (exact) mass is 294 g/mol. The van der Waals surface area contributed by atoms with Crippen molar-refractivity contribution in [1.82, 2.24) is 4.98 Å². The van der Waals surface area contributed by atoms with Gasteiger partial charge >= 0.3 is 0 Å². The highest BCUT2D eigenvalue weighted by molar-refractivity contribution is 5.75. The lowest BCUT2D eigenvalue weighted by Gasteiger charge is -2.30. The number of anilines is 2. The highest BCUT2D eigenvalue weighted by Crippen LogP contribution is 2.30. The van der Waals surface area contributed by atoms with Crippen LogP contribution in [0.4, 0.5) is 11.4 Å². The first kappa shape index (κ1) is 14.4. The Morgan fingerprint density at radius 1 is 1.27 bits per heavy atom. The number of morpholine rings is 1. The van der Waals surface area contributed by atoms with E-state index >= 15 is 0 Å². The van der Waals surface area contributed by atoms with Gasteiger partial charge in [0.2, 0.25) is 0 Å². The highest BCUT2D eigenvalue weighted by Gasteiger charge is 2.16. The third-order valence-electron chi connectivity index (χ3n) is 3.89. The van der Waals surface area contributed by atoms with E-state index in [1.165, 1.54) is 0 Å². The zero-order valence-electron chi connectivity index (χ0n) is 12.5. The van der Waals surface area contributed by atoms with E-state index < -0.39 is 0 Å². The number of aryl methyl sites for hydroxylation is 1. The Kier molecular flexibility index (Phi) is 3.94. The van der Waals surface area contributed by atoms with Crippen molar-refractivity contribution < 1.29 is 4.74 Å². The van der Waals surface area contributed by atoms with Gasteiger partial charge in [0.1, 0.15) is 6.07 Å². The van der Waals surface area contributed by atoms with Crippen LogP contribution in [0.25, 0.3) is 11.1 Å². The predicted molar refractivity (Wildman–Crippen MR) is 86.6 cm³/mol. The minimum absolute atomic E-state index is 0.637. The summed E-state index contributed by atoms with van der Waals surface area (Å²) in [4.78, 5) is 6.51. The summed E-state index contributed by atoms with van der Waals surface area (Å²) < 4.78 is 5.39. The van der Waals surface area contributed by atoms with Gasteiger partial charge in [-0.05, 0) is 30.7 Å². The molecule has 0 saturated carbocycles. The number of nitrogens with zero attached hydrogens (tertiary/aromatic N) is 3. The Labute approximate surface area is 129 Å². The summed E-state index contributed by atoms with van der Waals surface area (Å²) in [6.45, 7) is 4.93. The van der Waals surface area contributed by atoms with E-state index in [1.807, 2.05) is 31.2 Å². The number of hydrogen-bond acceptors (Lipinski definition) is 5. The van der Waals surface area contributed by atoms with Crippen LogP contribution in [0.15, 0.2) is 30.5 Å². The van der Waals surface area contributed by atoms with Crippen LogP contribution in [0, 0.1) is 18.3 Å². The van der Waals surface area contributed by atoms with Gasteiger partial charge in [-0.3, -0.25) is 4.98 Å². The average molecular weight is 294 g/mol. The lowest BCUT2D eigenvalue weighted by Crippen LogP contribution is -2.36. The molecule has 0 spiro atoms. The molecule has 0 unspecified atom stereocenters. The third-order valence-corrected chi connectivity index (χ3v) is 3.89. The van der Waals surface area contributed by atoms with Gasteiger partial charge in [0, 0.05) is 24.3 Å². The number of pyridine rings is 1. The molecular formula is C17H18N4O. The van der Waals surface area contributed by atoms with E-state index in [9.17, 15) is 5.26 Å². The molecule has 0 atom stereocenters. The normalized spacial score (nSPS) is 14.6. The minimum atomic E-state index is 0.637. The van der Waals surface area contributed by atoms with Crippen LogP contribution < -0.4 is 10.6 Å². The summed E-state index contributed by atoms with van der Waals surface area (Å²) in [6, 6.07) is 10.1.